The summed E-state index contributed by atoms with van der Waals surface area (Å²) >= 11 is 0. The van der Waals surface area contributed by atoms with E-state index in [0.29, 0.717) is 12.1 Å². The summed E-state index contributed by atoms with van der Waals surface area (Å²) in [5, 5.41) is 3.98. The van der Waals surface area contributed by atoms with E-state index in [1.54, 1.807) is 13.2 Å². The largest absolute Gasteiger partial charge is 0.497 e. The number of aromatic nitrogens is 1. The van der Waals surface area contributed by atoms with Crippen LogP contribution in [0.3, 0.4) is 0 Å². The SMILES string of the molecule is COc1ccc(Cn2cc([C@@H](CC(=O)Nc3ccccc3)c3cc(C)ccc3F)c3ccccc32)cc1. The minimum Gasteiger partial charge on any atom is -0.497 e. The van der Waals surface area contributed by atoms with Crippen LogP contribution in [-0.2, 0) is 11.3 Å². The molecule has 0 spiro atoms. The molecule has 4 aromatic carbocycles. The zero-order chi connectivity index (χ0) is 25.8. The number of ether oxygens (including phenoxy) is 1. The number of halogens is 1. The zero-order valence-corrected chi connectivity index (χ0v) is 20.9. The monoisotopic (exact) mass is 492 g/mol. The summed E-state index contributed by atoms with van der Waals surface area (Å²) in [5.41, 5.74) is 5.28. The number of hydrogen-bond donors (Lipinski definition) is 1. The van der Waals surface area contributed by atoms with Crippen LogP contribution in [0.25, 0.3) is 10.9 Å². The second kappa shape index (κ2) is 10.7. The number of aryl methyl sites for hydroxylation is 1. The summed E-state index contributed by atoms with van der Waals surface area (Å²) in [6.45, 7) is 2.58. The van der Waals surface area contributed by atoms with E-state index in [1.165, 1.54) is 6.07 Å². The Morgan fingerprint density at radius 1 is 0.919 bits per heavy atom. The van der Waals surface area contributed by atoms with Crippen molar-refractivity contribution >= 4 is 22.5 Å². The summed E-state index contributed by atoms with van der Waals surface area (Å²) in [7, 11) is 1.65. The van der Waals surface area contributed by atoms with Crippen molar-refractivity contribution in [1.82, 2.24) is 4.57 Å². The summed E-state index contributed by atoms with van der Waals surface area (Å²) < 4.78 is 22.7. The third-order valence-corrected chi connectivity index (χ3v) is 6.68. The van der Waals surface area contributed by atoms with Crippen molar-refractivity contribution in [2.45, 2.75) is 25.8 Å². The van der Waals surface area contributed by atoms with Crippen LogP contribution in [0.5, 0.6) is 5.75 Å². The minimum atomic E-state index is -0.453. The normalized spacial score (nSPS) is 11.9. The van der Waals surface area contributed by atoms with E-state index in [1.807, 2.05) is 85.8 Å². The van der Waals surface area contributed by atoms with Gasteiger partial charge in [-0.3, -0.25) is 4.79 Å². The van der Waals surface area contributed by atoms with E-state index in [2.05, 4.69) is 22.1 Å². The predicted octanol–water partition coefficient (Wildman–Crippen LogP) is 7.31. The van der Waals surface area contributed by atoms with Crippen LogP contribution in [0.4, 0.5) is 10.1 Å². The lowest BCUT2D eigenvalue weighted by atomic mass is 9.87. The lowest BCUT2D eigenvalue weighted by Gasteiger charge is -2.19. The molecule has 0 bridgehead atoms. The molecule has 0 radical (unpaired) electrons. The molecule has 186 valence electrons. The topological polar surface area (TPSA) is 43.3 Å². The van der Waals surface area contributed by atoms with Crippen LogP contribution >= 0.6 is 0 Å². The molecule has 0 aliphatic rings. The number of methoxy groups -OCH3 is 1. The molecule has 5 rings (SSSR count). The fourth-order valence-corrected chi connectivity index (χ4v) is 4.85. The van der Waals surface area contributed by atoms with Gasteiger partial charge in [0.05, 0.1) is 7.11 Å². The molecule has 1 amide bonds. The number of anilines is 1. The summed E-state index contributed by atoms with van der Waals surface area (Å²) in [4.78, 5) is 13.2. The van der Waals surface area contributed by atoms with Gasteiger partial charge in [0.2, 0.25) is 5.91 Å². The highest BCUT2D eigenvalue weighted by Gasteiger charge is 2.25. The van der Waals surface area contributed by atoms with Crippen LogP contribution in [0.15, 0.2) is 103 Å². The highest BCUT2D eigenvalue weighted by molar-refractivity contribution is 5.93. The first-order valence-corrected chi connectivity index (χ1v) is 12.3. The third kappa shape index (κ3) is 5.41. The number of carbonyl (C=O) groups excluding carboxylic acids is 1. The zero-order valence-electron chi connectivity index (χ0n) is 20.9. The first kappa shape index (κ1) is 24.3. The van der Waals surface area contributed by atoms with Crippen molar-refractivity contribution in [2.75, 3.05) is 12.4 Å². The van der Waals surface area contributed by atoms with E-state index in [4.69, 9.17) is 4.74 Å². The van der Waals surface area contributed by atoms with Gasteiger partial charge in [0.15, 0.2) is 0 Å². The number of benzene rings is 4. The molecule has 1 atom stereocenters. The Morgan fingerprint density at radius 3 is 2.41 bits per heavy atom. The Labute approximate surface area is 216 Å². The number of carbonyl (C=O) groups is 1. The Balaban J connectivity index is 1.56. The molecular formula is C32H29FN2O2. The van der Waals surface area contributed by atoms with E-state index in [-0.39, 0.29) is 18.1 Å². The standard InChI is InChI=1S/C32H29FN2O2/c1-22-12-17-30(33)28(18-22)27(19-32(36)34-24-8-4-3-5-9-24)29-21-35(31-11-7-6-10-26(29)31)20-23-13-15-25(37-2)16-14-23/h3-18,21,27H,19-20H2,1-2H3,(H,34,36)/t27-/m0/s1. The van der Waals surface area contributed by atoms with E-state index in [9.17, 15) is 4.79 Å². The Morgan fingerprint density at radius 2 is 1.65 bits per heavy atom. The van der Waals surface area contributed by atoms with Gasteiger partial charge < -0.3 is 14.6 Å². The van der Waals surface area contributed by atoms with Crippen LogP contribution < -0.4 is 10.1 Å². The summed E-state index contributed by atoms with van der Waals surface area (Å²) in [6, 6.07) is 30.5. The first-order valence-electron chi connectivity index (χ1n) is 12.3. The van der Waals surface area contributed by atoms with Crippen LogP contribution in [-0.4, -0.2) is 17.6 Å². The van der Waals surface area contributed by atoms with Gasteiger partial charge in [-0.1, -0.05) is 66.2 Å². The molecule has 1 heterocycles. The van der Waals surface area contributed by atoms with Crippen molar-refractivity contribution in [2.24, 2.45) is 0 Å². The first-order chi connectivity index (χ1) is 18.0. The van der Waals surface area contributed by atoms with Crippen molar-refractivity contribution < 1.29 is 13.9 Å². The number of amides is 1. The molecule has 0 fully saturated rings. The third-order valence-electron chi connectivity index (χ3n) is 6.68. The fourth-order valence-electron chi connectivity index (χ4n) is 4.85. The lowest BCUT2D eigenvalue weighted by molar-refractivity contribution is -0.116. The fraction of sp³-hybridized carbons (Fsp3) is 0.156. The maximum Gasteiger partial charge on any atom is 0.225 e. The molecule has 37 heavy (non-hydrogen) atoms. The van der Waals surface area contributed by atoms with Gasteiger partial charge in [0, 0.05) is 41.7 Å². The molecule has 0 saturated heterocycles. The molecule has 5 aromatic rings. The molecular weight excluding hydrogens is 463 g/mol. The average Bonchev–Trinajstić information content (AvgIpc) is 3.28. The van der Waals surface area contributed by atoms with E-state index >= 15 is 4.39 Å². The molecule has 1 aromatic heterocycles. The van der Waals surface area contributed by atoms with Gasteiger partial charge in [-0.25, -0.2) is 4.39 Å². The van der Waals surface area contributed by atoms with Crippen molar-refractivity contribution in [3.8, 4) is 5.75 Å². The van der Waals surface area contributed by atoms with Gasteiger partial charge >= 0.3 is 0 Å². The predicted molar refractivity (Wildman–Crippen MR) is 147 cm³/mol. The number of rotatable bonds is 8. The molecule has 5 heteroatoms. The number of nitrogens with zero attached hydrogens (tertiary/aromatic N) is 1. The molecule has 4 nitrogen and oxygen atoms in total. The molecule has 1 N–H and O–H groups in total. The summed E-state index contributed by atoms with van der Waals surface area (Å²) in [5.74, 6) is -0.119. The van der Waals surface area contributed by atoms with Crippen molar-refractivity contribution in [3.05, 3.63) is 131 Å². The second-order valence-electron chi connectivity index (χ2n) is 9.27. The second-order valence-corrected chi connectivity index (χ2v) is 9.27. The maximum atomic E-state index is 15.3. The van der Waals surface area contributed by atoms with Crippen LogP contribution in [0, 0.1) is 12.7 Å². The van der Waals surface area contributed by atoms with Crippen LogP contribution in [0.2, 0.25) is 0 Å². The molecule has 0 aliphatic heterocycles. The number of nitrogens with one attached hydrogen (secondary N) is 1. The van der Waals surface area contributed by atoms with Crippen molar-refractivity contribution in [3.63, 3.8) is 0 Å². The quantitative estimate of drug-likeness (QED) is 0.247. The Kier molecular flexibility index (Phi) is 7.04. The average molecular weight is 493 g/mol. The Bertz CT molecular complexity index is 1520. The molecule has 0 unspecified atom stereocenters. The summed E-state index contributed by atoms with van der Waals surface area (Å²) in [6.07, 6.45) is 2.18. The Hall–Kier alpha value is -4.38. The highest BCUT2D eigenvalue weighted by Crippen LogP contribution is 2.37. The van der Waals surface area contributed by atoms with E-state index in [0.717, 1.165) is 39.0 Å². The molecule has 0 aliphatic carbocycles. The number of para-hydroxylation sites is 2. The van der Waals surface area contributed by atoms with Gasteiger partial charge in [-0.05, 0) is 60.0 Å². The van der Waals surface area contributed by atoms with Crippen LogP contribution in [0.1, 0.15) is 34.6 Å². The maximum absolute atomic E-state index is 15.3. The molecule has 0 saturated carbocycles. The number of fused-ring (bicyclic) bond motifs is 1. The van der Waals surface area contributed by atoms with Gasteiger partial charge in [0.1, 0.15) is 11.6 Å². The van der Waals surface area contributed by atoms with E-state index < -0.39 is 5.92 Å². The van der Waals surface area contributed by atoms with Gasteiger partial charge in [0.25, 0.3) is 0 Å². The minimum absolute atomic E-state index is 0.117. The van der Waals surface area contributed by atoms with Gasteiger partial charge in [-0.2, -0.15) is 0 Å². The highest BCUT2D eigenvalue weighted by atomic mass is 19.1. The van der Waals surface area contributed by atoms with Gasteiger partial charge in [-0.15, -0.1) is 0 Å². The lowest BCUT2D eigenvalue weighted by Crippen LogP contribution is -2.17. The number of hydrogen-bond acceptors (Lipinski definition) is 2. The smallest absolute Gasteiger partial charge is 0.225 e. The van der Waals surface area contributed by atoms with Crippen molar-refractivity contribution in [1.29, 1.82) is 0 Å².